The topological polar surface area (TPSA) is 87.9 Å². The van der Waals surface area contributed by atoms with Gasteiger partial charge in [-0.2, -0.15) is 5.26 Å². The van der Waals surface area contributed by atoms with Gasteiger partial charge >= 0.3 is 0 Å². The molecule has 0 saturated heterocycles. The molecule has 0 spiro atoms. The lowest BCUT2D eigenvalue weighted by atomic mass is 9.87. The minimum atomic E-state index is -0.116. The van der Waals surface area contributed by atoms with Crippen molar-refractivity contribution in [1.29, 1.82) is 5.26 Å². The third kappa shape index (κ3) is 1.90. The van der Waals surface area contributed by atoms with Crippen molar-refractivity contribution < 1.29 is 9.52 Å². The Kier molecular flexibility index (Phi) is 3.09. The fourth-order valence-electron chi connectivity index (χ4n) is 3.49. The van der Waals surface area contributed by atoms with Crippen molar-refractivity contribution in [2.24, 2.45) is 5.92 Å². The molecule has 22 heavy (non-hydrogen) atoms. The zero-order valence-corrected chi connectivity index (χ0v) is 12.1. The molecule has 112 valence electrons. The molecule has 1 N–H and O–H groups in total. The zero-order chi connectivity index (χ0) is 15.1. The Balaban J connectivity index is 1.88. The van der Waals surface area contributed by atoms with Gasteiger partial charge in [-0.05, 0) is 25.7 Å². The standard InChI is InChI=1S/C16H16N4O2/c17-7-10-1-3-11(4-2-10)20-14(9-21)19-13-8-18-12-5-6-22-16(12)15(13)20/h5-6,8,10-11,21H,1-4,9H2/t10-,11-. The number of nitriles is 1. The highest BCUT2D eigenvalue weighted by Crippen LogP contribution is 2.36. The molecule has 0 atom stereocenters. The predicted octanol–water partition coefficient (Wildman–Crippen LogP) is 2.92. The Hall–Kier alpha value is -2.39. The van der Waals surface area contributed by atoms with Gasteiger partial charge in [0.2, 0.25) is 0 Å². The van der Waals surface area contributed by atoms with Crippen molar-refractivity contribution in [2.45, 2.75) is 38.3 Å². The zero-order valence-electron chi connectivity index (χ0n) is 12.1. The van der Waals surface area contributed by atoms with E-state index in [0.29, 0.717) is 11.4 Å². The maximum Gasteiger partial charge on any atom is 0.178 e. The van der Waals surface area contributed by atoms with Crippen LogP contribution in [0.5, 0.6) is 0 Å². The van der Waals surface area contributed by atoms with Crippen LogP contribution in [-0.2, 0) is 6.61 Å². The number of imidazole rings is 1. The molecule has 0 amide bonds. The van der Waals surface area contributed by atoms with Crippen molar-refractivity contribution >= 4 is 22.1 Å². The van der Waals surface area contributed by atoms with Crippen molar-refractivity contribution in [3.8, 4) is 6.07 Å². The second-order valence-corrected chi connectivity index (χ2v) is 5.82. The van der Waals surface area contributed by atoms with E-state index in [2.05, 4.69) is 20.6 Å². The van der Waals surface area contributed by atoms with Crippen LogP contribution in [-0.4, -0.2) is 19.6 Å². The molecule has 0 radical (unpaired) electrons. The van der Waals surface area contributed by atoms with Gasteiger partial charge in [-0.1, -0.05) is 0 Å². The van der Waals surface area contributed by atoms with Crippen molar-refractivity contribution in [1.82, 2.24) is 14.5 Å². The molecule has 0 aliphatic heterocycles. The minimum absolute atomic E-state index is 0.116. The summed E-state index contributed by atoms with van der Waals surface area (Å²) in [7, 11) is 0. The third-order valence-electron chi connectivity index (χ3n) is 4.58. The lowest BCUT2D eigenvalue weighted by Crippen LogP contribution is -2.19. The lowest BCUT2D eigenvalue weighted by molar-refractivity contribution is 0.248. The number of aliphatic hydroxyl groups excluding tert-OH is 1. The molecule has 3 heterocycles. The largest absolute Gasteiger partial charge is 0.460 e. The number of fused-ring (bicyclic) bond motifs is 3. The van der Waals surface area contributed by atoms with E-state index in [1.54, 1.807) is 12.5 Å². The van der Waals surface area contributed by atoms with Gasteiger partial charge in [0.05, 0.1) is 18.5 Å². The number of nitrogens with zero attached hydrogens (tertiary/aromatic N) is 4. The molecule has 6 nitrogen and oxygen atoms in total. The second kappa shape index (κ2) is 5.11. The van der Waals surface area contributed by atoms with Gasteiger partial charge in [0.25, 0.3) is 0 Å². The highest BCUT2D eigenvalue weighted by molar-refractivity contribution is 5.98. The summed E-state index contributed by atoms with van der Waals surface area (Å²) in [5.74, 6) is 0.787. The summed E-state index contributed by atoms with van der Waals surface area (Å²) in [6.45, 7) is -0.116. The molecule has 1 aliphatic carbocycles. The van der Waals surface area contributed by atoms with E-state index in [1.165, 1.54) is 0 Å². The first-order chi connectivity index (χ1) is 10.8. The number of rotatable bonds is 2. The molecular weight excluding hydrogens is 280 g/mol. The lowest BCUT2D eigenvalue weighted by Gasteiger charge is -2.27. The van der Waals surface area contributed by atoms with Gasteiger partial charge in [0.15, 0.2) is 5.58 Å². The molecule has 1 aliphatic rings. The smallest absolute Gasteiger partial charge is 0.178 e. The van der Waals surface area contributed by atoms with Crippen molar-refractivity contribution in [2.75, 3.05) is 0 Å². The molecule has 4 rings (SSSR count). The van der Waals surface area contributed by atoms with E-state index in [1.807, 2.05) is 6.07 Å². The van der Waals surface area contributed by atoms with E-state index < -0.39 is 0 Å². The van der Waals surface area contributed by atoms with Crippen LogP contribution in [0.15, 0.2) is 22.9 Å². The summed E-state index contributed by atoms with van der Waals surface area (Å²) >= 11 is 0. The third-order valence-corrected chi connectivity index (χ3v) is 4.58. The van der Waals surface area contributed by atoms with Gasteiger partial charge in [-0.25, -0.2) is 4.98 Å². The number of aromatic nitrogens is 3. The summed E-state index contributed by atoms with van der Waals surface area (Å²) in [5, 5.41) is 18.7. The van der Waals surface area contributed by atoms with E-state index in [9.17, 15) is 5.11 Å². The van der Waals surface area contributed by atoms with Crippen molar-refractivity contribution in [3.63, 3.8) is 0 Å². The SMILES string of the molecule is N#C[C@H]1CC[C@H](n2c(CO)nc3cnc4ccoc4c32)CC1. The fourth-order valence-corrected chi connectivity index (χ4v) is 3.49. The average molecular weight is 296 g/mol. The highest BCUT2D eigenvalue weighted by atomic mass is 16.3. The Morgan fingerprint density at radius 2 is 2.14 bits per heavy atom. The first kappa shape index (κ1) is 13.3. The first-order valence-electron chi connectivity index (χ1n) is 7.55. The quantitative estimate of drug-likeness (QED) is 0.785. The fraction of sp³-hybridized carbons (Fsp3) is 0.438. The van der Waals surface area contributed by atoms with Gasteiger partial charge in [0, 0.05) is 18.0 Å². The van der Waals surface area contributed by atoms with Gasteiger partial charge < -0.3 is 14.1 Å². The van der Waals surface area contributed by atoms with Gasteiger partial charge in [0.1, 0.15) is 29.0 Å². The van der Waals surface area contributed by atoms with Crippen LogP contribution in [0.2, 0.25) is 0 Å². The number of pyridine rings is 1. The van der Waals surface area contributed by atoms with Gasteiger partial charge in [-0.3, -0.25) is 4.98 Å². The van der Waals surface area contributed by atoms with Crippen LogP contribution >= 0.6 is 0 Å². The van der Waals surface area contributed by atoms with E-state index >= 15 is 0 Å². The monoisotopic (exact) mass is 296 g/mol. The Labute approximate surface area is 127 Å². The molecule has 3 aromatic heterocycles. The minimum Gasteiger partial charge on any atom is -0.460 e. The van der Waals surface area contributed by atoms with Crippen LogP contribution < -0.4 is 0 Å². The molecule has 3 aromatic rings. The van der Waals surface area contributed by atoms with Crippen LogP contribution in [0, 0.1) is 17.2 Å². The number of aliphatic hydroxyl groups is 1. The maximum absolute atomic E-state index is 9.68. The highest BCUT2D eigenvalue weighted by Gasteiger charge is 2.27. The summed E-state index contributed by atoms with van der Waals surface area (Å²) < 4.78 is 7.70. The van der Waals surface area contributed by atoms with Crippen LogP contribution in [0.25, 0.3) is 22.1 Å². The number of hydrogen-bond acceptors (Lipinski definition) is 5. The maximum atomic E-state index is 9.68. The summed E-state index contributed by atoms with van der Waals surface area (Å²) in [5.41, 5.74) is 3.16. The molecule has 0 bridgehead atoms. The molecule has 0 unspecified atom stereocenters. The van der Waals surface area contributed by atoms with Crippen LogP contribution in [0.1, 0.15) is 37.5 Å². The molecule has 1 fully saturated rings. The molecule has 1 saturated carbocycles. The van der Waals surface area contributed by atoms with E-state index in [-0.39, 0.29) is 18.6 Å². The Morgan fingerprint density at radius 1 is 1.32 bits per heavy atom. The number of hydrogen-bond donors (Lipinski definition) is 1. The molecule has 0 aromatic carbocycles. The first-order valence-corrected chi connectivity index (χ1v) is 7.55. The number of furan rings is 1. The summed E-state index contributed by atoms with van der Waals surface area (Å²) in [6.07, 6.45) is 6.96. The Morgan fingerprint density at radius 3 is 2.86 bits per heavy atom. The van der Waals surface area contributed by atoms with Crippen LogP contribution in [0.3, 0.4) is 0 Å². The summed E-state index contributed by atoms with van der Waals surface area (Å²) in [6, 6.07) is 4.43. The molecular formula is C16H16N4O2. The normalized spacial score (nSPS) is 22.2. The second-order valence-electron chi connectivity index (χ2n) is 5.82. The summed E-state index contributed by atoms with van der Waals surface area (Å²) in [4.78, 5) is 8.83. The van der Waals surface area contributed by atoms with Crippen molar-refractivity contribution in [3.05, 3.63) is 24.4 Å². The van der Waals surface area contributed by atoms with E-state index in [0.717, 1.165) is 42.2 Å². The average Bonchev–Trinajstić information content (AvgIpc) is 3.18. The van der Waals surface area contributed by atoms with E-state index in [4.69, 9.17) is 9.68 Å². The van der Waals surface area contributed by atoms with Gasteiger partial charge in [-0.15, -0.1) is 0 Å². The predicted molar refractivity (Wildman–Crippen MR) is 79.8 cm³/mol. The Bertz CT molecular complexity index is 865. The molecule has 6 heteroatoms. The van der Waals surface area contributed by atoms with Crippen LogP contribution in [0.4, 0.5) is 0 Å².